The van der Waals surface area contributed by atoms with E-state index in [2.05, 4.69) is 4.72 Å². The monoisotopic (exact) mass is 290 g/mol. The van der Waals surface area contributed by atoms with Gasteiger partial charge in [0.1, 0.15) is 5.82 Å². The van der Waals surface area contributed by atoms with Crippen molar-refractivity contribution in [3.8, 4) is 0 Å². The molecule has 1 aromatic carbocycles. The number of nitrogen functional groups attached to an aromatic ring is 1. The molecular weight excluding hydrogens is 275 g/mol. The van der Waals surface area contributed by atoms with E-state index in [0.29, 0.717) is 19.8 Å². The predicted octanol–water partition coefficient (Wildman–Crippen LogP) is 0.102. The number of halogens is 1. The summed E-state index contributed by atoms with van der Waals surface area (Å²) in [4.78, 5) is -0.0804. The van der Waals surface area contributed by atoms with Crippen molar-refractivity contribution < 1.29 is 22.3 Å². The molecule has 1 aliphatic rings. The van der Waals surface area contributed by atoms with Gasteiger partial charge >= 0.3 is 0 Å². The van der Waals surface area contributed by atoms with E-state index >= 15 is 0 Å². The number of nitrogens with one attached hydrogen (secondary N) is 1. The van der Waals surface area contributed by atoms with E-state index in [1.54, 1.807) is 0 Å². The highest BCUT2D eigenvalue weighted by Gasteiger charge is 2.20. The Kier molecular flexibility index (Phi) is 4.35. The van der Waals surface area contributed by atoms with Crippen LogP contribution in [0.5, 0.6) is 0 Å². The van der Waals surface area contributed by atoms with Crippen LogP contribution < -0.4 is 10.5 Å². The normalized spacial score (nSPS) is 20.4. The Morgan fingerprint density at radius 2 is 2.21 bits per heavy atom. The van der Waals surface area contributed by atoms with Crippen molar-refractivity contribution >= 4 is 15.7 Å². The second-order valence-electron chi connectivity index (χ2n) is 4.10. The lowest BCUT2D eigenvalue weighted by molar-refractivity contribution is -0.0846. The molecule has 0 spiro atoms. The summed E-state index contributed by atoms with van der Waals surface area (Å²) in [5.41, 5.74) is 5.14. The van der Waals surface area contributed by atoms with Crippen molar-refractivity contribution in [1.82, 2.24) is 4.72 Å². The van der Waals surface area contributed by atoms with Crippen molar-refractivity contribution in [2.24, 2.45) is 0 Å². The Bertz CT molecular complexity index is 544. The molecule has 8 heteroatoms. The maximum Gasteiger partial charge on any atom is 0.240 e. The third kappa shape index (κ3) is 3.63. The minimum Gasteiger partial charge on any atom is -0.396 e. The number of hydrogen-bond acceptors (Lipinski definition) is 5. The van der Waals surface area contributed by atoms with Crippen molar-refractivity contribution in [2.45, 2.75) is 11.0 Å². The molecule has 106 valence electrons. The Balaban J connectivity index is 2.02. The number of hydrogen-bond donors (Lipinski definition) is 2. The quantitative estimate of drug-likeness (QED) is 0.768. The number of benzene rings is 1. The van der Waals surface area contributed by atoms with Crippen LogP contribution >= 0.6 is 0 Å². The topological polar surface area (TPSA) is 90.7 Å². The van der Waals surface area contributed by atoms with Crippen molar-refractivity contribution in [3.05, 3.63) is 24.0 Å². The molecule has 0 aliphatic carbocycles. The molecule has 1 atom stereocenters. The summed E-state index contributed by atoms with van der Waals surface area (Å²) in [7, 11) is -3.73. The molecule has 19 heavy (non-hydrogen) atoms. The van der Waals surface area contributed by atoms with Gasteiger partial charge in [-0.15, -0.1) is 0 Å². The summed E-state index contributed by atoms with van der Waals surface area (Å²) in [5, 5.41) is 0. The van der Waals surface area contributed by atoms with Gasteiger partial charge in [-0.1, -0.05) is 0 Å². The highest BCUT2D eigenvalue weighted by Crippen LogP contribution is 2.16. The number of rotatable bonds is 4. The molecule has 1 saturated heterocycles. The second-order valence-corrected chi connectivity index (χ2v) is 5.87. The van der Waals surface area contributed by atoms with Gasteiger partial charge in [-0.2, -0.15) is 0 Å². The van der Waals surface area contributed by atoms with E-state index < -0.39 is 15.8 Å². The fraction of sp³-hybridized carbons (Fsp3) is 0.455. The molecule has 6 nitrogen and oxygen atoms in total. The number of nitrogens with two attached hydrogens (primary N) is 1. The maximum absolute atomic E-state index is 13.0. The zero-order chi connectivity index (χ0) is 13.9. The van der Waals surface area contributed by atoms with Crippen LogP contribution in [-0.2, 0) is 19.5 Å². The van der Waals surface area contributed by atoms with Crippen LogP contribution in [-0.4, -0.2) is 40.9 Å². The summed E-state index contributed by atoms with van der Waals surface area (Å²) in [6, 6.07) is 3.26. The molecular formula is C11H15FN2O4S. The molecule has 1 aromatic rings. The molecule has 0 amide bonds. The zero-order valence-electron chi connectivity index (χ0n) is 10.1. The first-order valence-corrected chi connectivity index (χ1v) is 7.21. The Morgan fingerprint density at radius 3 is 2.84 bits per heavy atom. The van der Waals surface area contributed by atoms with Crippen LogP contribution in [0.4, 0.5) is 10.1 Å². The number of sulfonamides is 1. The molecule has 0 saturated carbocycles. The van der Waals surface area contributed by atoms with Gasteiger partial charge in [-0.3, -0.25) is 0 Å². The summed E-state index contributed by atoms with van der Waals surface area (Å²) in [6.07, 6.45) is -0.318. The predicted molar refractivity (Wildman–Crippen MR) is 66.6 cm³/mol. The van der Waals surface area contributed by atoms with Crippen molar-refractivity contribution in [1.29, 1.82) is 0 Å². The average molecular weight is 290 g/mol. The molecule has 1 fully saturated rings. The standard InChI is InChI=1S/C11H15FN2O4S/c12-10-2-1-9(5-11(10)13)19(15,16)14-6-8-7-17-3-4-18-8/h1-2,5,8,14H,3-4,6-7,13H2. The molecule has 0 bridgehead atoms. The van der Waals surface area contributed by atoms with Gasteiger partial charge in [-0.05, 0) is 18.2 Å². The van der Waals surface area contributed by atoms with E-state index in [-0.39, 0.29) is 23.2 Å². The van der Waals surface area contributed by atoms with Crippen molar-refractivity contribution in [2.75, 3.05) is 32.1 Å². The lowest BCUT2D eigenvalue weighted by Gasteiger charge is -2.23. The molecule has 0 radical (unpaired) electrons. The van der Waals surface area contributed by atoms with Crippen LogP contribution in [0, 0.1) is 5.82 Å². The average Bonchev–Trinajstić information content (AvgIpc) is 2.41. The summed E-state index contributed by atoms with van der Waals surface area (Å²) in [6.45, 7) is 1.39. The number of ether oxygens (including phenoxy) is 2. The van der Waals surface area contributed by atoms with Gasteiger partial charge in [0.05, 0.1) is 36.5 Å². The smallest absolute Gasteiger partial charge is 0.240 e. The molecule has 1 heterocycles. The van der Waals surface area contributed by atoms with Gasteiger partial charge in [0, 0.05) is 6.54 Å². The van der Waals surface area contributed by atoms with E-state index in [1.165, 1.54) is 0 Å². The van der Waals surface area contributed by atoms with E-state index in [4.69, 9.17) is 15.2 Å². The van der Waals surface area contributed by atoms with E-state index in [0.717, 1.165) is 18.2 Å². The fourth-order valence-electron chi connectivity index (χ4n) is 1.63. The molecule has 1 aliphatic heterocycles. The van der Waals surface area contributed by atoms with Gasteiger partial charge in [0.15, 0.2) is 0 Å². The third-order valence-corrected chi connectivity index (χ3v) is 4.08. The SMILES string of the molecule is Nc1cc(S(=O)(=O)NCC2COCCO2)ccc1F. The molecule has 3 N–H and O–H groups in total. The highest BCUT2D eigenvalue weighted by molar-refractivity contribution is 7.89. The van der Waals surface area contributed by atoms with E-state index in [1.807, 2.05) is 0 Å². The zero-order valence-corrected chi connectivity index (χ0v) is 11.0. The minimum absolute atomic E-state index is 0.0804. The lowest BCUT2D eigenvalue weighted by atomic mass is 10.3. The van der Waals surface area contributed by atoms with Crippen LogP contribution in [0.15, 0.2) is 23.1 Å². The van der Waals surface area contributed by atoms with Crippen molar-refractivity contribution in [3.63, 3.8) is 0 Å². The molecule has 1 unspecified atom stereocenters. The lowest BCUT2D eigenvalue weighted by Crippen LogP contribution is -2.39. The Morgan fingerprint density at radius 1 is 1.42 bits per heavy atom. The first kappa shape index (κ1) is 14.2. The minimum atomic E-state index is -3.73. The summed E-state index contributed by atoms with van der Waals surface area (Å²) in [5.74, 6) is -0.650. The van der Waals surface area contributed by atoms with Crippen LogP contribution in [0.25, 0.3) is 0 Å². The first-order valence-electron chi connectivity index (χ1n) is 5.73. The largest absolute Gasteiger partial charge is 0.396 e. The van der Waals surface area contributed by atoms with Gasteiger partial charge in [0.25, 0.3) is 0 Å². The third-order valence-electron chi connectivity index (χ3n) is 2.66. The maximum atomic E-state index is 13.0. The van der Waals surface area contributed by atoms with Gasteiger partial charge in [0.2, 0.25) is 10.0 Å². The van der Waals surface area contributed by atoms with Crippen LogP contribution in [0.3, 0.4) is 0 Å². The van der Waals surface area contributed by atoms with Crippen LogP contribution in [0.2, 0.25) is 0 Å². The Hall–Kier alpha value is -1.22. The van der Waals surface area contributed by atoms with E-state index in [9.17, 15) is 12.8 Å². The highest BCUT2D eigenvalue weighted by atomic mass is 32.2. The first-order chi connectivity index (χ1) is 8.99. The van der Waals surface area contributed by atoms with Crippen LogP contribution in [0.1, 0.15) is 0 Å². The van der Waals surface area contributed by atoms with Gasteiger partial charge in [-0.25, -0.2) is 17.5 Å². The number of anilines is 1. The second kappa shape index (κ2) is 5.83. The molecule has 0 aromatic heterocycles. The molecule has 2 rings (SSSR count). The fourth-order valence-corrected chi connectivity index (χ4v) is 2.73. The van der Waals surface area contributed by atoms with Gasteiger partial charge < -0.3 is 15.2 Å². The summed E-state index contributed by atoms with van der Waals surface area (Å²) >= 11 is 0. The Labute approximate surface area is 110 Å². The summed E-state index contributed by atoms with van der Waals surface area (Å²) < 4.78 is 49.7.